The van der Waals surface area contributed by atoms with E-state index in [9.17, 15) is 18.6 Å². The van der Waals surface area contributed by atoms with Gasteiger partial charge in [-0.05, 0) is 85.8 Å². The third-order valence-electron chi connectivity index (χ3n) is 9.69. The summed E-state index contributed by atoms with van der Waals surface area (Å²) in [5, 5.41) is 20.3. The quantitative estimate of drug-likeness (QED) is 0.574. The smallest absolute Gasteiger partial charge is 0.211 e. The van der Waals surface area contributed by atoms with Crippen LogP contribution in [0.3, 0.4) is 0 Å². The van der Waals surface area contributed by atoms with E-state index in [1.165, 1.54) is 38.4 Å². The SMILES string of the molecule is C=C1/C(=C/C=C2\CCC[C@]3(C)[C@@H]([C@H](C)CCN4CCN(S(C)(=O)=O)CC4)CC[C@@H]23)CC(O)CC1O. The fourth-order valence-electron chi connectivity index (χ4n) is 7.55. The van der Waals surface area contributed by atoms with E-state index < -0.39 is 22.2 Å². The number of sulfonamides is 1. The molecule has 1 heterocycles. The highest BCUT2D eigenvalue weighted by Crippen LogP contribution is 2.59. The number of piperazine rings is 1. The van der Waals surface area contributed by atoms with Gasteiger partial charge in [-0.3, -0.25) is 0 Å². The molecule has 0 aromatic rings. The van der Waals surface area contributed by atoms with Crippen molar-refractivity contribution < 1.29 is 18.6 Å². The summed E-state index contributed by atoms with van der Waals surface area (Å²) in [6.07, 6.45) is 12.9. The first kappa shape index (κ1) is 27.1. The Morgan fingerprint density at radius 1 is 1.17 bits per heavy atom. The third-order valence-corrected chi connectivity index (χ3v) is 11.0. The summed E-state index contributed by atoms with van der Waals surface area (Å²) in [5.74, 6) is 1.99. The third kappa shape index (κ3) is 5.96. The van der Waals surface area contributed by atoms with Crippen molar-refractivity contribution in [1.82, 2.24) is 9.21 Å². The molecule has 3 saturated carbocycles. The largest absolute Gasteiger partial charge is 0.393 e. The highest BCUT2D eigenvalue weighted by atomic mass is 32.2. The van der Waals surface area contributed by atoms with Gasteiger partial charge in [0.05, 0.1) is 18.5 Å². The van der Waals surface area contributed by atoms with E-state index in [4.69, 9.17) is 0 Å². The van der Waals surface area contributed by atoms with E-state index in [2.05, 4.69) is 37.5 Å². The van der Waals surface area contributed by atoms with Crippen LogP contribution in [0, 0.1) is 23.2 Å². The van der Waals surface area contributed by atoms with Gasteiger partial charge >= 0.3 is 0 Å². The first-order chi connectivity index (χ1) is 16.5. The zero-order chi connectivity index (χ0) is 25.4. The predicted molar refractivity (Wildman–Crippen MR) is 141 cm³/mol. The molecule has 1 saturated heterocycles. The maximum atomic E-state index is 11.8. The van der Waals surface area contributed by atoms with E-state index >= 15 is 0 Å². The highest BCUT2D eigenvalue weighted by Gasteiger charge is 2.50. The molecule has 0 aromatic carbocycles. The maximum absolute atomic E-state index is 11.8. The van der Waals surface area contributed by atoms with Gasteiger partial charge in [-0.15, -0.1) is 0 Å². The zero-order valence-corrected chi connectivity index (χ0v) is 22.8. The summed E-state index contributed by atoms with van der Waals surface area (Å²) >= 11 is 0. The molecular formula is C28H46N2O4S. The molecule has 6 nitrogen and oxygen atoms in total. The number of fused-ring (bicyclic) bond motifs is 1. The van der Waals surface area contributed by atoms with Crippen LogP contribution in [0.15, 0.2) is 35.5 Å². The topological polar surface area (TPSA) is 81.1 Å². The van der Waals surface area contributed by atoms with Gasteiger partial charge in [0.15, 0.2) is 0 Å². The van der Waals surface area contributed by atoms with E-state index in [1.54, 1.807) is 9.88 Å². The molecule has 0 amide bonds. The van der Waals surface area contributed by atoms with Gasteiger partial charge in [-0.2, -0.15) is 4.31 Å². The lowest BCUT2D eigenvalue weighted by atomic mass is 9.61. The van der Waals surface area contributed by atoms with Crippen LogP contribution in [0.4, 0.5) is 0 Å². The molecule has 7 heteroatoms. The van der Waals surface area contributed by atoms with E-state index in [0.717, 1.165) is 43.1 Å². The van der Waals surface area contributed by atoms with Gasteiger partial charge in [0.2, 0.25) is 10.0 Å². The molecular weight excluding hydrogens is 460 g/mol. The van der Waals surface area contributed by atoms with Crippen LogP contribution < -0.4 is 0 Å². The van der Waals surface area contributed by atoms with Crippen LogP contribution in [0.25, 0.3) is 0 Å². The standard InChI is InChI=1S/C28H46N2O4S/c1-20(11-13-29-14-16-30(17-15-29)35(4,33)34)25-9-10-26-22(6-5-12-28(25,26)3)7-8-23-18-24(31)19-27(32)21(23)2/h7-8,20,24-27,31-32H,2,5-6,9-19H2,1,3-4H3/b22-7+,23-8+/t20-,24?,25-,26+,27?,28-/m1/s1. The van der Waals surface area contributed by atoms with Crippen molar-refractivity contribution in [1.29, 1.82) is 0 Å². The number of nitrogens with zero attached hydrogens (tertiary/aromatic N) is 2. The predicted octanol–water partition coefficient (Wildman–Crippen LogP) is 3.73. The minimum atomic E-state index is -3.07. The molecule has 4 rings (SSSR count). The first-order valence-corrected chi connectivity index (χ1v) is 15.5. The number of hydrogen-bond acceptors (Lipinski definition) is 5. The lowest BCUT2D eigenvalue weighted by Crippen LogP contribution is -2.48. The molecule has 198 valence electrons. The van der Waals surface area contributed by atoms with Crippen molar-refractivity contribution in [2.24, 2.45) is 23.2 Å². The van der Waals surface area contributed by atoms with Crippen molar-refractivity contribution in [2.45, 2.75) is 77.4 Å². The number of aliphatic hydroxyl groups excluding tert-OH is 2. The number of rotatable bonds is 6. The van der Waals surface area contributed by atoms with E-state index in [1.807, 2.05) is 0 Å². The van der Waals surface area contributed by atoms with Gasteiger partial charge in [-0.1, -0.05) is 38.2 Å². The molecule has 2 N–H and O–H groups in total. The van der Waals surface area contributed by atoms with Gasteiger partial charge in [0, 0.05) is 32.6 Å². The van der Waals surface area contributed by atoms with Gasteiger partial charge in [-0.25, -0.2) is 8.42 Å². The Morgan fingerprint density at radius 2 is 1.89 bits per heavy atom. The monoisotopic (exact) mass is 506 g/mol. The number of aliphatic hydroxyl groups is 2. The molecule has 4 aliphatic rings. The van der Waals surface area contributed by atoms with Crippen molar-refractivity contribution in [3.05, 3.63) is 35.5 Å². The fraction of sp³-hybridized carbons (Fsp3) is 0.786. The van der Waals surface area contributed by atoms with Gasteiger partial charge < -0.3 is 15.1 Å². The van der Waals surface area contributed by atoms with Crippen LogP contribution in [0.2, 0.25) is 0 Å². The van der Waals surface area contributed by atoms with Crippen molar-refractivity contribution in [2.75, 3.05) is 39.0 Å². The van der Waals surface area contributed by atoms with Crippen LogP contribution in [-0.4, -0.2) is 79.0 Å². The van der Waals surface area contributed by atoms with Crippen LogP contribution in [0.1, 0.15) is 65.2 Å². The molecule has 35 heavy (non-hydrogen) atoms. The van der Waals surface area contributed by atoms with Crippen LogP contribution >= 0.6 is 0 Å². The van der Waals surface area contributed by atoms with Crippen molar-refractivity contribution >= 4 is 10.0 Å². The van der Waals surface area contributed by atoms with Crippen LogP contribution in [0.5, 0.6) is 0 Å². The van der Waals surface area contributed by atoms with Crippen molar-refractivity contribution in [3.8, 4) is 0 Å². The maximum Gasteiger partial charge on any atom is 0.211 e. The lowest BCUT2D eigenvalue weighted by Gasteiger charge is -2.45. The summed E-state index contributed by atoms with van der Waals surface area (Å²) in [5.41, 5.74) is 3.63. The van der Waals surface area contributed by atoms with Crippen LogP contribution in [-0.2, 0) is 10.0 Å². The Bertz CT molecular complexity index is 950. The molecule has 2 unspecified atom stereocenters. The van der Waals surface area contributed by atoms with E-state index in [0.29, 0.717) is 43.2 Å². The molecule has 6 atom stereocenters. The Labute approximate surface area is 212 Å². The summed E-state index contributed by atoms with van der Waals surface area (Å²) in [6, 6.07) is 0. The lowest BCUT2D eigenvalue weighted by molar-refractivity contribution is 0.0848. The number of allylic oxidation sites excluding steroid dienone is 3. The average molecular weight is 507 g/mol. The normalized spacial score (nSPS) is 38.7. The average Bonchev–Trinajstić information content (AvgIpc) is 3.16. The van der Waals surface area contributed by atoms with E-state index in [-0.39, 0.29) is 0 Å². The molecule has 0 aromatic heterocycles. The second-order valence-corrected chi connectivity index (χ2v) is 13.9. The molecule has 4 fully saturated rings. The summed E-state index contributed by atoms with van der Waals surface area (Å²) in [7, 11) is -3.07. The van der Waals surface area contributed by atoms with Gasteiger partial charge in [0.25, 0.3) is 0 Å². The van der Waals surface area contributed by atoms with Crippen molar-refractivity contribution in [3.63, 3.8) is 0 Å². The summed E-state index contributed by atoms with van der Waals surface area (Å²) < 4.78 is 25.2. The molecule has 0 radical (unpaired) electrons. The summed E-state index contributed by atoms with van der Waals surface area (Å²) in [6.45, 7) is 13.0. The minimum absolute atomic E-state index is 0.333. The fourth-order valence-corrected chi connectivity index (χ4v) is 8.38. The zero-order valence-electron chi connectivity index (χ0n) is 22.0. The summed E-state index contributed by atoms with van der Waals surface area (Å²) in [4.78, 5) is 2.44. The Morgan fingerprint density at radius 3 is 2.57 bits per heavy atom. The minimum Gasteiger partial charge on any atom is -0.393 e. The number of hydrogen-bond donors (Lipinski definition) is 2. The highest BCUT2D eigenvalue weighted by molar-refractivity contribution is 7.88. The second-order valence-electron chi connectivity index (χ2n) is 11.9. The first-order valence-electron chi connectivity index (χ1n) is 13.6. The molecule has 1 aliphatic heterocycles. The Kier molecular flexibility index (Phi) is 8.33. The second kappa shape index (κ2) is 10.8. The molecule has 3 aliphatic carbocycles. The molecule has 0 spiro atoms. The van der Waals surface area contributed by atoms with Gasteiger partial charge in [0.1, 0.15) is 0 Å². The Hall–Kier alpha value is -0.990. The Balaban J connectivity index is 1.37. The molecule has 0 bridgehead atoms.